The van der Waals surface area contributed by atoms with Crippen LogP contribution in [0.5, 0.6) is 0 Å². The Hall–Kier alpha value is -1.58. The molecule has 0 saturated carbocycles. The van der Waals surface area contributed by atoms with Crippen LogP contribution in [0.2, 0.25) is 0 Å². The number of benzene rings is 1. The molecule has 1 aromatic carbocycles. The molecule has 74 valence electrons. The summed E-state index contributed by atoms with van der Waals surface area (Å²) in [7, 11) is 0. The molecule has 2 rings (SSSR count). The Balaban J connectivity index is 2.66. The molecule has 0 aliphatic carbocycles. The quantitative estimate of drug-likeness (QED) is 0.740. The van der Waals surface area contributed by atoms with E-state index in [2.05, 4.69) is 5.10 Å². The van der Waals surface area contributed by atoms with Crippen LogP contribution in [0.1, 0.15) is 5.69 Å². The van der Waals surface area contributed by atoms with Gasteiger partial charge in [-0.1, -0.05) is 0 Å². The number of aryl methyl sites for hydroxylation is 2. The van der Waals surface area contributed by atoms with Gasteiger partial charge in [-0.05, 0) is 25.1 Å². The van der Waals surface area contributed by atoms with Crippen molar-refractivity contribution in [1.82, 2.24) is 9.78 Å². The molecule has 0 saturated heterocycles. The second-order valence-corrected chi connectivity index (χ2v) is 3.27. The molecule has 0 unspecified atom stereocenters. The minimum atomic E-state index is -0.412. The van der Waals surface area contributed by atoms with Gasteiger partial charge in [-0.2, -0.15) is 5.10 Å². The highest BCUT2D eigenvalue weighted by molar-refractivity contribution is 5.84. The van der Waals surface area contributed by atoms with E-state index in [1.54, 1.807) is 4.68 Å². The van der Waals surface area contributed by atoms with E-state index in [1.807, 2.05) is 25.1 Å². The number of hydrogen-bond acceptors (Lipinski definition) is 2. The van der Waals surface area contributed by atoms with Gasteiger partial charge >= 0.3 is 0 Å². The third-order valence-corrected chi connectivity index (χ3v) is 2.26. The van der Waals surface area contributed by atoms with Gasteiger partial charge in [0.25, 0.3) is 0 Å². The highest BCUT2D eigenvalue weighted by Crippen LogP contribution is 2.20. The first-order valence-electron chi connectivity index (χ1n) is 4.51. The number of rotatable bonds is 2. The summed E-state index contributed by atoms with van der Waals surface area (Å²) in [6.07, 6.45) is 0. The van der Waals surface area contributed by atoms with Crippen molar-refractivity contribution in [3.8, 4) is 0 Å². The van der Waals surface area contributed by atoms with E-state index in [0.29, 0.717) is 5.69 Å². The minimum absolute atomic E-state index is 0.286. The van der Waals surface area contributed by atoms with Gasteiger partial charge < -0.3 is 5.73 Å². The van der Waals surface area contributed by atoms with Crippen LogP contribution >= 0.6 is 0 Å². The third-order valence-electron chi connectivity index (χ3n) is 2.26. The molecule has 14 heavy (non-hydrogen) atoms. The maximum absolute atomic E-state index is 12.2. The summed E-state index contributed by atoms with van der Waals surface area (Å²) < 4.78 is 13.9. The fourth-order valence-electron chi connectivity index (χ4n) is 1.61. The summed E-state index contributed by atoms with van der Waals surface area (Å²) in [4.78, 5) is 0. The van der Waals surface area contributed by atoms with E-state index in [4.69, 9.17) is 5.73 Å². The highest BCUT2D eigenvalue weighted by Gasteiger charge is 2.06. The lowest BCUT2D eigenvalue weighted by Crippen LogP contribution is -2.01. The Kier molecular flexibility index (Phi) is 2.11. The molecule has 0 aliphatic heterocycles. The number of halogens is 1. The molecule has 1 heterocycles. The van der Waals surface area contributed by atoms with Gasteiger partial charge in [-0.3, -0.25) is 4.68 Å². The predicted octanol–water partition coefficient (Wildman–Crippen LogP) is 1.90. The van der Waals surface area contributed by atoms with Gasteiger partial charge in [0.1, 0.15) is 6.67 Å². The number of hydrogen-bond donors (Lipinski definition) is 1. The van der Waals surface area contributed by atoms with Crippen molar-refractivity contribution in [1.29, 1.82) is 0 Å². The molecule has 0 aliphatic rings. The minimum Gasteiger partial charge on any atom is -0.399 e. The van der Waals surface area contributed by atoms with Crippen molar-refractivity contribution in [3.05, 3.63) is 23.9 Å². The molecular formula is C10H12FN3. The normalized spacial score (nSPS) is 11.0. The van der Waals surface area contributed by atoms with Crippen LogP contribution in [0.4, 0.5) is 10.1 Å². The van der Waals surface area contributed by atoms with Crippen molar-refractivity contribution < 1.29 is 4.39 Å². The molecule has 0 bridgehead atoms. The fraction of sp³-hybridized carbons (Fsp3) is 0.300. The number of fused-ring (bicyclic) bond motifs is 1. The van der Waals surface area contributed by atoms with Crippen LogP contribution in [0, 0.1) is 6.92 Å². The average Bonchev–Trinajstić information content (AvgIpc) is 2.44. The zero-order chi connectivity index (χ0) is 10.1. The van der Waals surface area contributed by atoms with Crippen molar-refractivity contribution >= 4 is 16.6 Å². The van der Waals surface area contributed by atoms with Crippen LogP contribution in [-0.2, 0) is 6.54 Å². The topological polar surface area (TPSA) is 43.8 Å². The Morgan fingerprint density at radius 2 is 2.29 bits per heavy atom. The monoisotopic (exact) mass is 193 g/mol. The summed E-state index contributed by atoms with van der Waals surface area (Å²) >= 11 is 0. The number of nitrogens with zero attached hydrogens (tertiary/aromatic N) is 2. The van der Waals surface area contributed by atoms with Crippen molar-refractivity contribution in [2.75, 3.05) is 12.4 Å². The molecular weight excluding hydrogens is 181 g/mol. The van der Waals surface area contributed by atoms with Gasteiger partial charge in [0, 0.05) is 11.1 Å². The van der Waals surface area contributed by atoms with Crippen LogP contribution in [0.25, 0.3) is 10.9 Å². The highest BCUT2D eigenvalue weighted by atomic mass is 19.1. The number of nitrogen functional groups attached to an aromatic ring is 1. The fourth-order valence-corrected chi connectivity index (χ4v) is 1.61. The number of alkyl halides is 1. The van der Waals surface area contributed by atoms with Crippen molar-refractivity contribution in [3.63, 3.8) is 0 Å². The summed E-state index contributed by atoms with van der Waals surface area (Å²) in [5.74, 6) is 0. The zero-order valence-electron chi connectivity index (χ0n) is 8.00. The summed E-state index contributed by atoms with van der Waals surface area (Å²) in [6, 6.07) is 5.57. The molecule has 0 amide bonds. The van der Waals surface area contributed by atoms with Gasteiger partial charge in [0.15, 0.2) is 0 Å². The van der Waals surface area contributed by atoms with Crippen LogP contribution in [0.15, 0.2) is 18.2 Å². The predicted molar refractivity (Wildman–Crippen MR) is 54.9 cm³/mol. The largest absolute Gasteiger partial charge is 0.399 e. The van der Waals surface area contributed by atoms with Crippen LogP contribution < -0.4 is 5.73 Å². The lowest BCUT2D eigenvalue weighted by atomic mass is 10.2. The second kappa shape index (κ2) is 3.29. The van der Waals surface area contributed by atoms with Crippen LogP contribution in [0.3, 0.4) is 0 Å². The lowest BCUT2D eigenvalue weighted by Gasteiger charge is -1.99. The Morgan fingerprint density at radius 1 is 1.50 bits per heavy atom. The van der Waals surface area contributed by atoms with E-state index in [9.17, 15) is 4.39 Å². The smallest absolute Gasteiger partial charge is 0.109 e. The lowest BCUT2D eigenvalue weighted by molar-refractivity contribution is 0.432. The molecule has 2 aromatic rings. The molecule has 1 aromatic heterocycles. The number of anilines is 1. The second-order valence-electron chi connectivity index (χ2n) is 3.27. The first-order chi connectivity index (χ1) is 6.72. The van der Waals surface area contributed by atoms with E-state index >= 15 is 0 Å². The number of aromatic nitrogens is 2. The molecule has 3 nitrogen and oxygen atoms in total. The molecule has 0 radical (unpaired) electrons. The van der Waals surface area contributed by atoms with E-state index < -0.39 is 6.67 Å². The summed E-state index contributed by atoms with van der Waals surface area (Å²) in [5.41, 5.74) is 8.16. The molecule has 2 N–H and O–H groups in total. The van der Waals surface area contributed by atoms with E-state index in [1.165, 1.54) is 0 Å². The first kappa shape index (κ1) is 8.99. The van der Waals surface area contributed by atoms with Gasteiger partial charge in [-0.15, -0.1) is 0 Å². The maximum Gasteiger partial charge on any atom is 0.109 e. The Bertz CT molecular complexity index is 462. The van der Waals surface area contributed by atoms with Crippen LogP contribution in [-0.4, -0.2) is 16.5 Å². The number of nitrogens with two attached hydrogens (primary N) is 1. The van der Waals surface area contributed by atoms with Crippen molar-refractivity contribution in [2.45, 2.75) is 13.5 Å². The average molecular weight is 193 g/mol. The first-order valence-corrected chi connectivity index (χ1v) is 4.51. The summed E-state index contributed by atoms with van der Waals surface area (Å²) in [5, 5.41) is 5.28. The molecule has 0 spiro atoms. The molecule has 0 atom stereocenters. The van der Waals surface area contributed by atoms with Gasteiger partial charge in [0.2, 0.25) is 0 Å². The molecule has 4 heteroatoms. The standard InChI is InChI=1S/C10H12FN3/c1-7-9-3-2-8(12)6-10(9)14(13-7)5-4-11/h2-3,6H,4-5,12H2,1H3. The maximum atomic E-state index is 12.2. The SMILES string of the molecule is Cc1nn(CCF)c2cc(N)ccc12. The molecule has 0 fully saturated rings. The van der Waals surface area contributed by atoms with Crippen molar-refractivity contribution in [2.24, 2.45) is 0 Å². The zero-order valence-corrected chi connectivity index (χ0v) is 8.00. The third kappa shape index (κ3) is 1.32. The van der Waals surface area contributed by atoms with Gasteiger partial charge in [-0.25, -0.2) is 4.39 Å². The van der Waals surface area contributed by atoms with E-state index in [0.717, 1.165) is 16.6 Å². The summed E-state index contributed by atoms with van der Waals surface area (Å²) in [6.45, 7) is 1.78. The van der Waals surface area contributed by atoms with Gasteiger partial charge in [0.05, 0.1) is 17.8 Å². The Morgan fingerprint density at radius 3 is 3.00 bits per heavy atom. The Labute approximate surface area is 81.3 Å². The van der Waals surface area contributed by atoms with E-state index in [-0.39, 0.29) is 6.54 Å².